The number of hydrogen-bond acceptors (Lipinski definition) is 4. The first-order chi connectivity index (χ1) is 10.2. The van der Waals surface area contributed by atoms with Crippen LogP contribution in [0, 0.1) is 5.82 Å². The molecule has 7 nitrogen and oxygen atoms in total. The topological polar surface area (TPSA) is 104 Å². The van der Waals surface area contributed by atoms with Crippen LogP contribution in [0.4, 0.5) is 10.1 Å². The number of carboxylic acid groups (broad SMARTS) is 1. The fourth-order valence-corrected chi connectivity index (χ4v) is 3.19. The van der Waals surface area contributed by atoms with Crippen LogP contribution in [0.3, 0.4) is 0 Å². The lowest BCUT2D eigenvalue weighted by Gasteiger charge is -2.18. The van der Waals surface area contributed by atoms with E-state index in [2.05, 4.69) is 5.32 Å². The second-order valence-corrected chi connectivity index (χ2v) is 6.36. The van der Waals surface area contributed by atoms with E-state index in [0.29, 0.717) is 0 Å². The highest BCUT2D eigenvalue weighted by Crippen LogP contribution is 2.16. The summed E-state index contributed by atoms with van der Waals surface area (Å²) in [6.07, 6.45) is 0. The van der Waals surface area contributed by atoms with Gasteiger partial charge in [-0.05, 0) is 18.2 Å². The molecular formula is C13H17FN2O5S. The second-order valence-electron chi connectivity index (χ2n) is 4.39. The molecule has 0 aliphatic rings. The molecule has 0 bridgehead atoms. The van der Waals surface area contributed by atoms with Crippen LogP contribution in [-0.4, -0.2) is 48.5 Å². The molecule has 0 fully saturated rings. The zero-order valence-electron chi connectivity index (χ0n) is 12.2. The Hall–Kier alpha value is -2.00. The van der Waals surface area contributed by atoms with E-state index in [1.54, 1.807) is 13.8 Å². The Labute approximate surface area is 127 Å². The first-order valence-electron chi connectivity index (χ1n) is 6.51. The zero-order valence-corrected chi connectivity index (χ0v) is 13.0. The monoisotopic (exact) mass is 332 g/mol. The van der Waals surface area contributed by atoms with Gasteiger partial charge < -0.3 is 10.4 Å². The molecule has 0 atom stereocenters. The quantitative estimate of drug-likeness (QED) is 0.779. The van der Waals surface area contributed by atoms with Crippen LogP contribution >= 0.6 is 0 Å². The van der Waals surface area contributed by atoms with Gasteiger partial charge in [0.1, 0.15) is 11.6 Å². The van der Waals surface area contributed by atoms with E-state index in [4.69, 9.17) is 5.11 Å². The zero-order chi connectivity index (χ0) is 16.9. The summed E-state index contributed by atoms with van der Waals surface area (Å²) in [5.41, 5.74) is -0.594. The van der Waals surface area contributed by atoms with Crippen molar-refractivity contribution in [3.05, 3.63) is 29.6 Å². The van der Waals surface area contributed by atoms with Crippen molar-refractivity contribution in [1.82, 2.24) is 4.31 Å². The molecule has 0 unspecified atom stereocenters. The van der Waals surface area contributed by atoms with Crippen molar-refractivity contribution in [2.45, 2.75) is 13.8 Å². The van der Waals surface area contributed by atoms with Crippen LogP contribution in [0.1, 0.15) is 24.2 Å². The normalized spacial score (nSPS) is 11.5. The lowest BCUT2D eigenvalue weighted by molar-refractivity contribution is -0.114. The number of carboxylic acids is 1. The molecule has 1 aromatic rings. The Balaban J connectivity index is 2.90. The van der Waals surface area contributed by atoms with Crippen LogP contribution in [-0.2, 0) is 14.8 Å². The van der Waals surface area contributed by atoms with Gasteiger partial charge in [-0.2, -0.15) is 0 Å². The Morgan fingerprint density at radius 2 is 1.86 bits per heavy atom. The van der Waals surface area contributed by atoms with Crippen molar-refractivity contribution in [2.24, 2.45) is 0 Å². The molecule has 0 spiro atoms. The van der Waals surface area contributed by atoms with Gasteiger partial charge in [0, 0.05) is 13.1 Å². The molecule has 0 radical (unpaired) electrons. The minimum atomic E-state index is -3.80. The third-order valence-electron chi connectivity index (χ3n) is 2.90. The number of nitrogens with one attached hydrogen (secondary N) is 1. The van der Waals surface area contributed by atoms with E-state index in [1.807, 2.05) is 0 Å². The second kappa shape index (κ2) is 7.32. The number of benzene rings is 1. The molecule has 0 aliphatic heterocycles. The van der Waals surface area contributed by atoms with Gasteiger partial charge in [0.05, 0.1) is 11.3 Å². The molecule has 1 amide bonds. The van der Waals surface area contributed by atoms with Crippen LogP contribution in [0.25, 0.3) is 0 Å². The molecule has 1 rings (SSSR count). The van der Waals surface area contributed by atoms with Crippen LogP contribution in [0.15, 0.2) is 18.2 Å². The van der Waals surface area contributed by atoms with E-state index in [1.165, 1.54) is 0 Å². The number of rotatable bonds is 7. The number of sulfonamides is 1. The lowest BCUT2D eigenvalue weighted by atomic mass is 10.2. The van der Waals surface area contributed by atoms with E-state index in [9.17, 15) is 22.4 Å². The molecular weight excluding hydrogens is 315 g/mol. The summed E-state index contributed by atoms with van der Waals surface area (Å²) in [6.45, 7) is 3.70. The number of hydrogen-bond donors (Lipinski definition) is 2. The van der Waals surface area contributed by atoms with Gasteiger partial charge in [0.15, 0.2) is 0 Å². The van der Waals surface area contributed by atoms with E-state index in [-0.39, 0.29) is 24.3 Å². The van der Waals surface area contributed by atoms with Gasteiger partial charge in [-0.1, -0.05) is 13.8 Å². The summed E-state index contributed by atoms with van der Waals surface area (Å²) in [4.78, 5) is 22.6. The maximum absolute atomic E-state index is 13.5. The number of halogens is 1. The van der Waals surface area contributed by atoms with E-state index >= 15 is 0 Å². The maximum Gasteiger partial charge on any atom is 0.335 e. The summed E-state index contributed by atoms with van der Waals surface area (Å²) >= 11 is 0. The SMILES string of the molecule is CCN(CC)S(=O)(=O)CC(=O)Nc1cc(C(=O)O)ccc1F. The third-order valence-corrected chi connectivity index (χ3v) is 4.83. The summed E-state index contributed by atoms with van der Waals surface area (Å²) < 4.78 is 38.5. The largest absolute Gasteiger partial charge is 0.478 e. The third kappa shape index (κ3) is 4.50. The van der Waals surface area contributed by atoms with Crippen LogP contribution in [0.5, 0.6) is 0 Å². The first kappa shape index (κ1) is 18.1. The van der Waals surface area contributed by atoms with Crippen LogP contribution < -0.4 is 5.32 Å². The average molecular weight is 332 g/mol. The van der Waals surface area contributed by atoms with Crippen molar-refractivity contribution in [3.8, 4) is 0 Å². The Morgan fingerprint density at radius 1 is 1.27 bits per heavy atom. The van der Waals surface area contributed by atoms with Crippen molar-refractivity contribution < 1.29 is 27.5 Å². The number of anilines is 1. The molecule has 1 aromatic carbocycles. The van der Waals surface area contributed by atoms with Gasteiger partial charge in [0.25, 0.3) is 0 Å². The van der Waals surface area contributed by atoms with Gasteiger partial charge in [0.2, 0.25) is 15.9 Å². The predicted molar refractivity (Wildman–Crippen MR) is 78.7 cm³/mol. The summed E-state index contributed by atoms with van der Waals surface area (Å²) in [5.74, 6) is -3.91. The highest BCUT2D eigenvalue weighted by Gasteiger charge is 2.23. The molecule has 0 aliphatic carbocycles. The number of nitrogens with zero attached hydrogens (tertiary/aromatic N) is 1. The molecule has 22 heavy (non-hydrogen) atoms. The molecule has 0 saturated carbocycles. The first-order valence-corrected chi connectivity index (χ1v) is 8.12. The van der Waals surface area contributed by atoms with E-state index < -0.39 is 33.5 Å². The van der Waals surface area contributed by atoms with Gasteiger partial charge in [-0.25, -0.2) is 21.9 Å². The highest BCUT2D eigenvalue weighted by atomic mass is 32.2. The number of carbonyl (C=O) groups excluding carboxylic acids is 1. The van der Waals surface area contributed by atoms with Crippen molar-refractivity contribution in [3.63, 3.8) is 0 Å². The van der Waals surface area contributed by atoms with Crippen LogP contribution in [0.2, 0.25) is 0 Å². The van der Waals surface area contributed by atoms with Crippen molar-refractivity contribution in [2.75, 3.05) is 24.2 Å². The highest BCUT2D eigenvalue weighted by molar-refractivity contribution is 7.89. The molecule has 2 N–H and O–H groups in total. The van der Waals surface area contributed by atoms with Gasteiger partial charge in [-0.3, -0.25) is 4.79 Å². The molecule has 9 heteroatoms. The minimum absolute atomic E-state index is 0.217. The van der Waals surface area contributed by atoms with E-state index in [0.717, 1.165) is 22.5 Å². The fraction of sp³-hybridized carbons (Fsp3) is 0.385. The van der Waals surface area contributed by atoms with Crippen molar-refractivity contribution >= 4 is 27.6 Å². The molecule has 122 valence electrons. The number of carbonyl (C=O) groups is 2. The summed E-state index contributed by atoms with van der Waals surface area (Å²) in [5, 5.41) is 10.9. The summed E-state index contributed by atoms with van der Waals surface area (Å²) in [7, 11) is -3.80. The van der Waals surface area contributed by atoms with Gasteiger partial charge >= 0.3 is 5.97 Å². The molecule has 0 saturated heterocycles. The summed E-state index contributed by atoms with van der Waals surface area (Å²) in [6, 6.07) is 2.86. The number of aromatic carboxylic acids is 1. The molecule has 0 aromatic heterocycles. The smallest absolute Gasteiger partial charge is 0.335 e. The maximum atomic E-state index is 13.5. The standard InChI is InChI=1S/C13H17FN2O5S/c1-3-16(4-2)22(20,21)8-12(17)15-11-7-9(13(18)19)5-6-10(11)14/h5-7H,3-4,8H2,1-2H3,(H,15,17)(H,18,19). The average Bonchev–Trinajstić information content (AvgIpc) is 2.41. The molecule has 0 heterocycles. The fourth-order valence-electron chi connectivity index (χ4n) is 1.81. The minimum Gasteiger partial charge on any atom is -0.478 e. The van der Waals surface area contributed by atoms with Crippen molar-refractivity contribution in [1.29, 1.82) is 0 Å². The Morgan fingerprint density at radius 3 is 2.36 bits per heavy atom. The number of amides is 1. The van der Waals surface area contributed by atoms with Gasteiger partial charge in [-0.15, -0.1) is 0 Å². The Bertz CT molecular complexity index is 671. The lowest BCUT2D eigenvalue weighted by Crippen LogP contribution is -2.37. The Kier molecular flexibility index (Phi) is 6.01. The predicted octanol–water partition coefficient (Wildman–Crippen LogP) is 1.13.